The van der Waals surface area contributed by atoms with Crippen molar-refractivity contribution in [3.8, 4) is 11.3 Å². The van der Waals surface area contributed by atoms with Crippen molar-refractivity contribution >= 4 is 28.4 Å². The molecule has 7 heteroatoms. The molecule has 3 aromatic heterocycles. The Morgan fingerprint density at radius 1 is 0.853 bits per heavy atom. The van der Waals surface area contributed by atoms with Crippen molar-refractivity contribution in [3.05, 3.63) is 114 Å². The summed E-state index contributed by atoms with van der Waals surface area (Å²) in [7, 11) is 0. The Morgan fingerprint density at radius 2 is 1.71 bits per heavy atom. The lowest BCUT2D eigenvalue weighted by Gasteiger charge is -2.11. The van der Waals surface area contributed by atoms with E-state index in [9.17, 15) is 9.59 Å². The van der Waals surface area contributed by atoms with Gasteiger partial charge < -0.3 is 15.1 Å². The summed E-state index contributed by atoms with van der Waals surface area (Å²) in [5, 5.41) is 6.55. The van der Waals surface area contributed by atoms with Gasteiger partial charge in [-0.2, -0.15) is 0 Å². The van der Waals surface area contributed by atoms with E-state index in [0.717, 1.165) is 22.0 Å². The maximum Gasteiger partial charge on any atom is 0.291 e. The van der Waals surface area contributed by atoms with Crippen molar-refractivity contribution in [2.24, 2.45) is 0 Å². The lowest BCUT2D eigenvalue weighted by atomic mass is 10.0. The van der Waals surface area contributed by atoms with Gasteiger partial charge in [-0.05, 0) is 54.1 Å². The molecule has 34 heavy (non-hydrogen) atoms. The number of carbonyl (C=O) groups excluding carboxylic acids is 2. The molecule has 0 aliphatic rings. The molecule has 7 nitrogen and oxygen atoms in total. The van der Waals surface area contributed by atoms with Gasteiger partial charge in [0.15, 0.2) is 5.76 Å². The second kappa shape index (κ2) is 9.38. The average Bonchev–Trinajstić information content (AvgIpc) is 3.43. The smallest absolute Gasteiger partial charge is 0.291 e. The molecule has 0 atom stereocenters. The summed E-state index contributed by atoms with van der Waals surface area (Å²) in [4.78, 5) is 34.2. The van der Waals surface area contributed by atoms with E-state index in [-0.39, 0.29) is 17.6 Å². The number of aromatic nitrogens is 2. The molecule has 2 aromatic carbocycles. The highest BCUT2D eigenvalue weighted by molar-refractivity contribution is 6.07. The number of hydrogen-bond acceptors (Lipinski definition) is 5. The molecule has 0 bridgehead atoms. The highest BCUT2D eigenvalue weighted by atomic mass is 16.3. The number of carbonyl (C=O) groups is 2. The van der Waals surface area contributed by atoms with Gasteiger partial charge >= 0.3 is 0 Å². The molecular formula is C27H20N4O3. The number of fused-ring (bicyclic) bond motifs is 1. The first-order chi connectivity index (χ1) is 16.7. The summed E-state index contributed by atoms with van der Waals surface area (Å²) >= 11 is 0. The van der Waals surface area contributed by atoms with E-state index in [1.54, 1.807) is 36.7 Å². The predicted molar refractivity (Wildman–Crippen MR) is 129 cm³/mol. The molecule has 5 aromatic rings. The Balaban J connectivity index is 1.36. The van der Waals surface area contributed by atoms with Gasteiger partial charge in [0.05, 0.1) is 23.0 Å². The number of rotatable bonds is 6. The molecule has 0 fully saturated rings. The van der Waals surface area contributed by atoms with Crippen LogP contribution in [0, 0.1) is 0 Å². The third-order valence-electron chi connectivity index (χ3n) is 5.32. The van der Waals surface area contributed by atoms with Gasteiger partial charge in [0.25, 0.3) is 11.8 Å². The predicted octanol–water partition coefficient (Wildman–Crippen LogP) is 5.07. The maximum absolute atomic E-state index is 13.2. The fourth-order valence-corrected chi connectivity index (χ4v) is 3.67. The van der Waals surface area contributed by atoms with E-state index in [4.69, 9.17) is 9.40 Å². The minimum Gasteiger partial charge on any atom is -0.459 e. The van der Waals surface area contributed by atoms with Crippen LogP contribution in [0.2, 0.25) is 0 Å². The molecule has 0 saturated heterocycles. The van der Waals surface area contributed by atoms with Gasteiger partial charge in [0, 0.05) is 35.6 Å². The molecule has 3 heterocycles. The van der Waals surface area contributed by atoms with Crippen LogP contribution in [-0.4, -0.2) is 21.8 Å². The van der Waals surface area contributed by atoms with Crippen molar-refractivity contribution in [2.45, 2.75) is 6.54 Å². The minimum atomic E-state index is -0.335. The van der Waals surface area contributed by atoms with E-state index >= 15 is 0 Å². The lowest BCUT2D eigenvalue weighted by Crippen LogP contribution is -2.23. The topological polar surface area (TPSA) is 97.1 Å². The number of nitrogens with one attached hydrogen (secondary N) is 2. The molecule has 2 N–H and O–H groups in total. The Bertz CT molecular complexity index is 1460. The van der Waals surface area contributed by atoms with Crippen LogP contribution >= 0.6 is 0 Å². The Hall–Kier alpha value is -4.78. The van der Waals surface area contributed by atoms with Gasteiger partial charge in [-0.25, -0.2) is 4.98 Å². The molecular weight excluding hydrogens is 428 g/mol. The molecule has 5 rings (SSSR count). The molecule has 2 amide bonds. The summed E-state index contributed by atoms with van der Waals surface area (Å²) in [6.07, 6.45) is 4.84. The van der Waals surface area contributed by atoms with Gasteiger partial charge in [-0.1, -0.05) is 30.3 Å². The first-order valence-electron chi connectivity index (χ1n) is 10.7. The molecule has 0 spiro atoms. The number of para-hydroxylation sites is 1. The van der Waals surface area contributed by atoms with E-state index in [1.165, 1.54) is 6.26 Å². The van der Waals surface area contributed by atoms with Gasteiger partial charge in [-0.3, -0.25) is 14.6 Å². The number of pyridine rings is 2. The van der Waals surface area contributed by atoms with Crippen molar-refractivity contribution in [3.63, 3.8) is 0 Å². The first kappa shape index (κ1) is 21.1. The van der Waals surface area contributed by atoms with Crippen molar-refractivity contribution in [2.75, 3.05) is 5.32 Å². The molecule has 0 unspecified atom stereocenters. The van der Waals surface area contributed by atoms with Crippen LogP contribution in [-0.2, 0) is 6.54 Å². The van der Waals surface area contributed by atoms with Gasteiger partial charge in [-0.15, -0.1) is 0 Å². The van der Waals surface area contributed by atoms with Crippen LogP contribution in [0.3, 0.4) is 0 Å². The highest BCUT2D eigenvalue weighted by Gasteiger charge is 2.14. The van der Waals surface area contributed by atoms with E-state index in [0.29, 0.717) is 23.5 Å². The normalized spacial score (nSPS) is 10.7. The van der Waals surface area contributed by atoms with E-state index in [1.807, 2.05) is 54.6 Å². The van der Waals surface area contributed by atoms with Crippen molar-refractivity contribution < 1.29 is 14.0 Å². The summed E-state index contributed by atoms with van der Waals surface area (Å²) in [6.45, 7) is 0.296. The SMILES string of the molecule is O=C(Nc1cccc(CNC(=O)c2cc(-c3ccncc3)nc3ccccc23)c1)c1ccco1. The Kier molecular flexibility index (Phi) is 5.82. The Labute approximate surface area is 195 Å². The zero-order chi connectivity index (χ0) is 23.3. The molecule has 166 valence electrons. The van der Waals surface area contributed by atoms with Gasteiger partial charge in [0.1, 0.15) is 0 Å². The first-order valence-corrected chi connectivity index (χ1v) is 10.7. The Morgan fingerprint density at radius 3 is 2.53 bits per heavy atom. The average molecular weight is 448 g/mol. The van der Waals surface area contributed by atoms with Crippen LogP contribution in [0.4, 0.5) is 5.69 Å². The zero-order valence-electron chi connectivity index (χ0n) is 18.1. The van der Waals surface area contributed by atoms with Crippen molar-refractivity contribution in [1.29, 1.82) is 0 Å². The minimum absolute atomic E-state index is 0.209. The van der Waals surface area contributed by atoms with E-state index < -0.39 is 0 Å². The maximum atomic E-state index is 13.2. The van der Waals surface area contributed by atoms with Crippen LogP contribution < -0.4 is 10.6 Å². The summed E-state index contributed by atoms with van der Waals surface area (Å²) in [5.74, 6) is -0.315. The number of benzene rings is 2. The molecule has 0 saturated carbocycles. The molecule has 0 radical (unpaired) electrons. The lowest BCUT2D eigenvalue weighted by molar-refractivity contribution is 0.0951. The van der Waals surface area contributed by atoms with Crippen LogP contribution in [0.1, 0.15) is 26.5 Å². The summed E-state index contributed by atoms with van der Waals surface area (Å²) in [5.41, 5.74) is 4.33. The number of hydrogen-bond donors (Lipinski definition) is 2. The summed E-state index contributed by atoms with van der Waals surface area (Å²) < 4.78 is 5.12. The van der Waals surface area contributed by atoms with Crippen molar-refractivity contribution in [1.82, 2.24) is 15.3 Å². The number of nitrogens with zero attached hydrogens (tertiary/aromatic N) is 2. The summed E-state index contributed by atoms with van der Waals surface area (Å²) in [6, 6.07) is 23.6. The van der Waals surface area contributed by atoms with Crippen LogP contribution in [0.25, 0.3) is 22.2 Å². The third-order valence-corrected chi connectivity index (χ3v) is 5.32. The van der Waals surface area contributed by atoms with E-state index in [2.05, 4.69) is 15.6 Å². The van der Waals surface area contributed by atoms with Gasteiger partial charge in [0.2, 0.25) is 0 Å². The number of anilines is 1. The third kappa shape index (κ3) is 4.54. The van der Waals surface area contributed by atoms with Crippen LogP contribution in [0.5, 0.6) is 0 Å². The number of amides is 2. The van der Waals surface area contributed by atoms with Crippen LogP contribution in [0.15, 0.2) is 102 Å². The monoisotopic (exact) mass is 448 g/mol. The fraction of sp³-hybridized carbons (Fsp3) is 0.0370. The largest absolute Gasteiger partial charge is 0.459 e. The standard InChI is InChI=1S/C27H20N4O3/c32-26(29-17-18-5-3-6-20(15-18)30-27(33)25-9-4-14-34-25)22-16-24(19-10-12-28-13-11-19)31-23-8-2-1-7-21(22)23/h1-16H,17H2,(H,29,32)(H,30,33). The zero-order valence-corrected chi connectivity index (χ0v) is 18.1. The number of furan rings is 1. The molecule has 0 aliphatic heterocycles. The fourth-order valence-electron chi connectivity index (χ4n) is 3.67. The second-order valence-corrected chi connectivity index (χ2v) is 7.62. The highest BCUT2D eigenvalue weighted by Crippen LogP contribution is 2.24. The second-order valence-electron chi connectivity index (χ2n) is 7.62. The quantitative estimate of drug-likeness (QED) is 0.378. The molecule has 0 aliphatic carbocycles.